The molecule has 0 aliphatic heterocycles. The minimum absolute atomic E-state index is 0.376. The van der Waals surface area contributed by atoms with Gasteiger partial charge in [-0.25, -0.2) is 9.97 Å². The molecule has 176 valence electrons. The molecule has 0 amide bonds. The fraction of sp³-hybridized carbons (Fsp3) is 0.593. The van der Waals surface area contributed by atoms with Gasteiger partial charge in [0.25, 0.3) is 0 Å². The van der Waals surface area contributed by atoms with Crippen molar-refractivity contribution in [3.63, 3.8) is 0 Å². The number of aromatic nitrogens is 3. The van der Waals surface area contributed by atoms with E-state index in [1.807, 2.05) is 20.9 Å². The lowest BCUT2D eigenvalue weighted by molar-refractivity contribution is 0.120. The van der Waals surface area contributed by atoms with E-state index in [2.05, 4.69) is 58.1 Å². The van der Waals surface area contributed by atoms with Gasteiger partial charge in [-0.05, 0) is 69.6 Å². The van der Waals surface area contributed by atoms with E-state index >= 15 is 0 Å². The number of rotatable bonds is 12. The van der Waals surface area contributed by atoms with Crippen molar-refractivity contribution in [3.8, 4) is 11.3 Å². The van der Waals surface area contributed by atoms with Crippen LogP contribution in [0.4, 0.5) is 5.82 Å². The second-order valence-electron chi connectivity index (χ2n) is 8.93. The first-order chi connectivity index (χ1) is 15.3. The van der Waals surface area contributed by atoms with Gasteiger partial charge in [0.05, 0.1) is 22.8 Å². The van der Waals surface area contributed by atoms with Gasteiger partial charge in [-0.2, -0.15) is 0 Å². The molecular weight excluding hydrogens is 396 g/mol. The molecule has 0 saturated heterocycles. The number of ether oxygens (including phenoxy) is 1. The number of nitrogens with one attached hydrogen (secondary N) is 1. The molecule has 5 heteroatoms. The highest BCUT2D eigenvalue weighted by atomic mass is 16.5. The fourth-order valence-corrected chi connectivity index (χ4v) is 3.86. The average Bonchev–Trinajstić information content (AvgIpc) is 2.78. The van der Waals surface area contributed by atoms with E-state index in [0.29, 0.717) is 11.8 Å². The molecule has 0 aliphatic carbocycles. The van der Waals surface area contributed by atoms with Crippen LogP contribution in [0.5, 0.6) is 0 Å². The lowest BCUT2D eigenvalue weighted by Gasteiger charge is -2.16. The summed E-state index contributed by atoms with van der Waals surface area (Å²) in [6, 6.07) is 4.21. The summed E-state index contributed by atoms with van der Waals surface area (Å²) in [4.78, 5) is 14.7. The lowest BCUT2D eigenvalue weighted by atomic mass is 9.96. The Morgan fingerprint density at radius 2 is 1.81 bits per heavy atom. The fourth-order valence-electron chi connectivity index (χ4n) is 3.86. The number of pyridine rings is 1. The van der Waals surface area contributed by atoms with Gasteiger partial charge < -0.3 is 10.1 Å². The molecule has 0 bridgehead atoms. The van der Waals surface area contributed by atoms with Crippen LogP contribution >= 0.6 is 0 Å². The van der Waals surface area contributed by atoms with Crippen LogP contribution < -0.4 is 5.32 Å². The Balaban J connectivity index is 2.31. The van der Waals surface area contributed by atoms with E-state index < -0.39 is 0 Å². The van der Waals surface area contributed by atoms with Gasteiger partial charge in [0.1, 0.15) is 5.82 Å². The first-order valence-corrected chi connectivity index (χ1v) is 12.1. The van der Waals surface area contributed by atoms with Crippen molar-refractivity contribution >= 4 is 11.4 Å². The van der Waals surface area contributed by atoms with Crippen LogP contribution in [0, 0.1) is 19.8 Å². The van der Waals surface area contributed by atoms with Crippen LogP contribution in [0.25, 0.3) is 16.8 Å². The number of aryl methyl sites for hydroxylation is 2. The summed E-state index contributed by atoms with van der Waals surface area (Å²) in [7, 11) is 1.91. The van der Waals surface area contributed by atoms with Crippen molar-refractivity contribution in [2.45, 2.75) is 80.1 Å². The number of anilines is 1. The molecule has 1 N–H and O–H groups in total. The van der Waals surface area contributed by atoms with Crippen LogP contribution in [-0.2, 0) is 4.74 Å². The Kier molecular flexibility index (Phi) is 10.3. The predicted octanol–water partition coefficient (Wildman–Crippen LogP) is 6.96. The molecule has 1 unspecified atom stereocenters. The van der Waals surface area contributed by atoms with Crippen molar-refractivity contribution in [2.75, 3.05) is 25.6 Å². The average molecular weight is 439 g/mol. The maximum atomic E-state index is 5.69. The number of nitrogens with zero attached hydrogens (tertiary/aromatic N) is 3. The van der Waals surface area contributed by atoms with Gasteiger partial charge in [0.2, 0.25) is 0 Å². The third-order valence-corrected chi connectivity index (χ3v) is 5.97. The van der Waals surface area contributed by atoms with Gasteiger partial charge >= 0.3 is 0 Å². The van der Waals surface area contributed by atoms with Gasteiger partial charge in [-0.15, -0.1) is 0 Å². The first-order valence-electron chi connectivity index (χ1n) is 12.1. The Morgan fingerprint density at radius 1 is 1.06 bits per heavy atom. The second kappa shape index (κ2) is 12.7. The predicted molar refractivity (Wildman–Crippen MR) is 136 cm³/mol. The highest BCUT2D eigenvalue weighted by Gasteiger charge is 2.16. The quantitative estimate of drug-likeness (QED) is 0.363. The summed E-state index contributed by atoms with van der Waals surface area (Å²) in [6.07, 6.45) is 6.69. The molecule has 0 spiro atoms. The van der Waals surface area contributed by atoms with Crippen molar-refractivity contribution in [3.05, 3.63) is 41.0 Å². The Labute approximate surface area is 195 Å². The zero-order valence-electron chi connectivity index (χ0n) is 21.4. The molecular formula is C27H42N4O. The minimum atomic E-state index is 0.376. The van der Waals surface area contributed by atoms with Crippen LogP contribution in [0.2, 0.25) is 0 Å². The van der Waals surface area contributed by atoms with E-state index in [1.54, 1.807) is 0 Å². The summed E-state index contributed by atoms with van der Waals surface area (Å²) in [5.74, 6) is 1.85. The van der Waals surface area contributed by atoms with Gasteiger partial charge in [0, 0.05) is 31.5 Å². The minimum Gasteiger partial charge on any atom is -0.381 e. The van der Waals surface area contributed by atoms with Crippen molar-refractivity contribution in [2.24, 2.45) is 5.92 Å². The third kappa shape index (κ3) is 6.86. The normalized spacial score (nSPS) is 13.0. The molecule has 0 saturated carbocycles. The molecule has 0 radical (unpaired) electrons. The summed E-state index contributed by atoms with van der Waals surface area (Å²) in [6.45, 7) is 16.6. The monoisotopic (exact) mass is 438 g/mol. The summed E-state index contributed by atoms with van der Waals surface area (Å²) in [5, 5.41) is 3.25. The number of allylic oxidation sites excluding steroid dienone is 2. The molecule has 0 fully saturated rings. The molecule has 5 nitrogen and oxygen atoms in total. The molecule has 0 aliphatic rings. The highest BCUT2D eigenvalue weighted by molar-refractivity contribution is 5.76. The number of hydrogen-bond acceptors (Lipinski definition) is 5. The zero-order valence-corrected chi connectivity index (χ0v) is 21.4. The molecule has 2 rings (SSSR count). The Bertz CT molecular complexity index is 905. The van der Waals surface area contributed by atoms with E-state index in [0.717, 1.165) is 78.7 Å². The van der Waals surface area contributed by atoms with Crippen molar-refractivity contribution < 1.29 is 4.74 Å². The summed E-state index contributed by atoms with van der Waals surface area (Å²) in [5.41, 5.74) is 7.01. The molecule has 2 heterocycles. The van der Waals surface area contributed by atoms with E-state index in [-0.39, 0.29) is 0 Å². The summed E-state index contributed by atoms with van der Waals surface area (Å²) < 4.78 is 5.69. The number of hydrogen-bond donors (Lipinski definition) is 1. The zero-order chi connectivity index (χ0) is 23.7. The van der Waals surface area contributed by atoms with Crippen LogP contribution in [-0.4, -0.2) is 35.2 Å². The van der Waals surface area contributed by atoms with Crippen LogP contribution in [0.3, 0.4) is 0 Å². The van der Waals surface area contributed by atoms with Crippen LogP contribution in [0.1, 0.15) is 89.0 Å². The van der Waals surface area contributed by atoms with Crippen LogP contribution in [0.15, 0.2) is 18.2 Å². The van der Waals surface area contributed by atoms with E-state index in [9.17, 15) is 0 Å². The Hall–Kier alpha value is -2.27. The maximum Gasteiger partial charge on any atom is 0.135 e. The summed E-state index contributed by atoms with van der Waals surface area (Å²) >= 11 is 0. The van der Waals surface area contributed by atoms with Crippen molar-refractivity contribution in [1.82, 2.24) is 15.0 Å². The first kappa shape index (κ1) is 26.0. The lowest BCUT2D eigenvalue weighted by Crippen LogP contribution is -2.06. The van der Waals surface area contributed by atoms with Gasteiger partial charge in [0.15, 0.2) is 0 Å². The molecule has 2 aromatic heterocycles. The van der Waals surface area contributed by atoms with E-state index in [4.69, 9.17) is 19.7 Å². The molecule has 32 heavy (non-hydrogen) atoms. The van der Waals surface area contributed by atoms with Gasteiger partial charge in [-0.3, -0.25) is 4.98 Å². The highest BCUT2D eigenvalue weighted by Crippen LogP contribution is 2.31. The molecule has 2 aromatic rings. The van der Waals surface area contributed by atoms with Crippen molar-refractivity contribution in [1.29, 1.82) is 0 Å². The van der Waals surface area contributed by atoms with E-state index in [1.165, 1.54) is 5.57 Å². The largest absolute Gasteiger partial charge is 0.381 e. The Morgan fingerprint density at radius 3 is 2.44 bits per heavy atom. The maximum absolute atomic E-state index is 5.69. The molecule has 1 atom stereocenters. The second-order valence-corrected chi connectivity index (χ2v) is 8.93. The SMILES string of the molecule is CCCOCCC(CC)C/C=C(/C)c1nc(-c2ccc(C(C)C)nc2NC)c(C)nc1C. The standard InChI is InChI=1S/C27H42N4O/c1-9-16-32-17-15-22(10-2)12-11-19(5)25-20(6)29-21(7)26(31-25)23-13-14-24(18(3)4)30-27(23)28-8/h11,13-14,18,22H,9-10,12,15-17H2,1-8H3,(H,28,30)/b19-11-. The van der Waals surface area contributed by atoms with Gasteiger partial charge in [-0.1, -0.05) is 40.2 Å². The smallest absolute Gasteiger partial charge is 0.135 e. The third-order valence-electron chi connectivity index (χ3n) is 5.97. The topological polar surface area (TPSA) is 59.9 Å². The molecule has 0 aromatic carbocycles.